The highest BCUT2D eigenvalue weighted by Crippen LogP contribution is 2.19. The van der Waals surface area contributed by atoms with Crippen LogP contribution in [0.1, 0.15) is 30.9 Å². The standard InChI is InChI=1S/C21H25ClN2O2/c1-16-15-19(22)10-11-20(16)23-21(26)12-14-24(17(2)25)13-6-9-18-7-4-3-5-8-18/h3-5,7-8,10-11,15H,6,9,12-14H2,1-2H3,(H,23,26). The number of rotatable bonds is 8. The fraction of sp³-hybridized carbons (Fsp3) is 0.333. The van der Waals surface area contributed by atoms with Crippen LogP contribution in [-0.2, 0) is 16.0 Å². The lowest BCUT2D eigenvalue weighted by Gasteiger charge is -2.21. The molecule has 2 aromatic rings. The van der Waals surface area contributed by atoms with E-state index in [1.807, 2.05) is 31.2 Å². The molecule has 0 aliphatic heterocycles. The Morgan fingerprint density at radius 3 is 2.46 bits per heavy atom. The van der Waals surface area contributed by atoms with Crippen LogP contribution in [0.5, 0.6) is 0 Å². The molecule has 0 fully saturated rings. The summed E-state index contributed by atoms with van der Waals surface area (Å²) in [6, 6.07) is 15.5. The third kappa shape index (κ3) is 6.52. The molecule has 2 rings (SSSR count). The molecule has 0 aliphatic carbocycles. The first-order valence-electron chi connectivity index (χ1n) is 8.81. The van der Waals surface area contributed by atoms with Gasteiger partial charge in [0.25, 0.3) is 0 Å². The Morgan fingerprint density at radius 1 is 1.08 bits per heavy atom. The van der Waals surface area contributed by atoms with E-state index < -0.39 is 0 Å². The molecule has 0 saturated carbocycles. The molecule has 2 amide bonds. The average molecular weight is 373 g/mol. The Balaban J connectivity index is 1.79. The summed E-state index contributed by atoms with van der Waals surface area (Å²) in [5.74, 6) is -0.113. The lowest BCUT2D eigenvalue weighted by atomic mass is 10.1. The molecule has 0 bridgehead atoms. The van der Waals surface area contributed by atoms with Crippen LogP contribution >= 0.6 is 11.6 Å². The van der Waals surface area contributed by atoms with Gasteiger partial charge in [-0.15, -0.1) is 0 Å². The van der Waals surface area contributed by atoms with Crippen molar-refractivity contribution in [1.29, 1.82) is 0 Å². The molecule has 0 heterocycles. The third-order valence-electron chi connectivity index (χ3n) is 4.25. The molecule has 0 saturated heterocycles. The van der Waals surface area contributed by atoms with Crippen LogP contribution in [0.4, 0.5) is 5.69 Å². The summed E-state index contributed by atoms with van der Waals surface area (Å²) < 4.78 is 0. The number of nitrogens with zero attached hydrogens (tertiary/aromatic N) is 1. The molecule has 0 radical (unpaired) electrons. The van der Waals surface area contributed by atoms with Gasteiger partial charge in [-0.1, -0.05) is 41.9 Å². The predicted octanol–water partition coefficient (Wildman–Crippen LogP) is 4.46. The minimum atomic E-state index is -0.107. The summed E-state index contributed by atoms with van der Waals surface area (Å²) in [6.07, 6.45) is 2.06. The molecule has 0 aromatic heterocycles. The van der Waals surface area contributed by atoms with Crippen molar-refractivity contribution in [3.8, 4) is 0 Å². The van der Waals surface area contributed by atoms with Gasteiger partial charge in [-0.3, -0.25) is 9.59 Å². The first-order chi connectivity index (χ1) is 12.5. The van der Waals surface area contributed by atoms with Gasteiger partial charge in [-0.25, -0.2) is 0 Å². The summed E-state index contributed by atoms with van der Waals surface area (Å²) in [4.78, 5) is 25.8. The maximum absolute atomic E-state index is 12.2. The molecule has 2 aromatic carbocycles. The maximum Gasteiger partial charge on any atom is 0.226 e. The second kappa shape index (κ2) is 9.97. The highest BCUT2D eigenvalue weighted by Gasteiger charge is 2.12. The van der Waals surface area contributed by atoms with Crippen molar-refractivity contribution in [3.63, 3.8) is 0 Å². The normalized spacial score (nSPS) is 10.4. The topological polar surface area (TPSA) is 49.4 Å². The number of hydrogen-bond donors (Lipinski definition) is 1. The van der Waals surface area contributed by atoms with Crippen LogP contribution in [0.3, 0.4) is 0 Å². The summed E-state index contributed by atoms with van der Waals surface area (Å²) in [7, 11) is 0. The fourth-order valence-corrected chi connectivity index (χ4v) is 2.99. The Kier molecular flexibility index (Phi) is 7.67. The second-order valence-electron chi connectivity index (χ2n) is 6.35. The quantitative estimate of drug-likeness (QED) is 0.743. The van der Waals surface area contributed by atoms with Crippen LogP contribution in [0.15, 0.2) is 48.5 Å². The van der Waals surface area contributed by atoms with Crippen molar-refractivity contribution in [2.24, 2.45) is 0 Å². The van der Waals surface area contributed by atoms with Gasteiger partial charge in [0.15, 0.2) is 0 Å². The molecule has 0 unspecified atom stereocenters. The zero-order valence-corrected chi connectivity index (χ0v) is 16.1. The zero-order valence-electron chi connectivity index (χ0n) is 15.3. The van der Waals surface area contributed by atoms with Crippen LogP contribution in [0.2, 0.25) is 5.02 Å². The van der Waals surface area contributed by atoms with Crippen LogP contribution in [-0.4, -0.2) is 29.8 Å². The molecule has 5 heteroatoms. The summed E-state index contributed by atoms with van der Waals surface area (Å²) in [5, 5.41) is 3.52. The molecule has 1 N–H and O–H groups in total. The molecule has 0 aliphatic rings. The number of carbonyl (C=O) groups excluding carboxylic acids is 2. The summed E-state index contributed by atoms with van der Waals surface area (Å²) >= 11 is 5.93. The van der Waals surface area contributed by atoms with Crippen LogP contribution in [0.25, 0.3) is 0 Å². The molecule has 4 nitrogen and oxygen atoms in total. The van der Waals surface area contributed by atoms with Crippen molar-refractivity contribution < 1.29 is 9.59 Å². The molecular weight excluding hydrogens is 348 g/mol. The van der Waals surface area contributed by atoms with E-state index in [9.17, 15) is 9.59 Å². The molecule has 0 spiro atoms. The Hall–Kier alpha value is -2.33. The summed E-state index contributed by atoms with van der Waals surface area (Å²) in [5.41, 5.74) is 2.92. The fourth-order valence-electron chi connectivity index (χ4n) is 2.76. The minimum Gasteiger partial charge on any atom is -0.342 e. The SMILES string of the molecule is CC(=O)N(CCCc1ccccc1)CCC(=O)Nc1ccc(Cl)cc1C. The van der Waals surface area contributed by atoms with E-state index in [-0.39, 0.29) is 18.2 Å². The molecular formula is C21H25ClN2O2. The van der Waals surface area contributed by atoms with E-state index in [4.69, 9.17) is 11.6 Å². The second-order valence-corrected chi connectivity index (χ2v) is 6.79. The van der Waals surface area contributed by atoms with E-state index in [0.29, 0.717) is 18.1 Å². The smallest absolute Gasteiger partial charge is 0.226 e. The average Bonchev–Trinajstić information content (AvgIpc) is 2.61. The first kappa shape index (κ1) is 20.0. The van der Waals surface area contributed by atoms with Gasteiger partial charge < -0.3 is 10.2 Å². The van der Waals surface area contributed by atoms with Gasteiger partial charge in [-0.05, 0) is 49.1 Å². The number of benzene rings is 2. The molecule has 26 heavy (non-hydrogen) atoms. The zero-order chi connectivity index (χ0) is 18.9. The minimum absolute atomic E-state index is 0.00599. The number of aryl methyl sites for hydroxylation is 2. The Morgan fingerprint density at radius 2 is 1.81 bits per heavy atom. The van der Waals surface area contributed by atoms with E-state index >= 15 is 0 Å². The summed E-state index contributed by atoms with van der Waals surface area (Å²) in [6.45, 7) is 4.51. The van der Waals surface area contributed by atoms with Crippen molar-refractivity contribution in [2.75, 3.05) is 18.4 Å². The Labute approximate surface area is 160 Å². The van der Waals surface area contributed by atoms with Gasteiger partial charge in [0.1, 0.15) is 0 Å². The number of halogens is 1. The van der Waals surface area contributed by atoms with E-state index in [0.717, 1.165) is 24.1 Å². The first-order valence-corrected chi connectivity index (χ1v) is 9.19. The van der Waals surface area contributed by atoms with Gasteiger partial charge in [0.2, 0.25) is 11.8 Å². The largest absolute Gasteiger partial charge is 0.342 e. The van der Waals surface area contributed by atoms with E-state index in [1.165, 1.54) is 5.56 Å². The molecule has 0 atom stereocenters. The van der Waals surface area contributed by atoms with E-state index in [2.05, 4.69) is 17.4 Å². The van der Waals surface area contributed by atoms with Crippen molar-refractivity contribution >= 4 is 29.1 Å². The number of anilines is 1. The molecule has 138 valence electrons. The highest BCUT2D eigenvalue weighted by atomic mass is 35.5. The van der Waals surface area contributed by atoms with Gasteiger partial charge >= 0.3 is 0 Å². The van der Waals surface area contributed by atoms with Gasteiger partial charge in [-0.2, -0.15) is 0 Å². The van der Waals surface area contributed by atoms with Crippen LogP contribution < -0.4 is 5.32 Å². The highest BCUT2D eigenvalue weighted by molar-refractivity contribution is 6.30. The lowest BCUT2D eigenvalue weighted by Crippen LogP contribution is -2.33. The predicted molar refractivity (Wildman–Crippen MR) is 106 cm³/mol. The van der Waals surface area contributed by atoms with Crippen LogP contribution in [0, 0.1) is 6.92 Å². The number of carbonyl (C=O) groups is 2. The third-order valence-corrected chi connectivity index (χ3v) is 4.49. The van der Waals surface area contributed by atoms with Crippen molar-refractivity contribution in [3.05, 3.63) is 64.7 Å². The maximum atomic E-state index is 12.2. The number of hydrogen-bond acceptors (Lipinski definition) is 2. The number of amides is 2. The number of nitrogens with one attached hydrogen (secondary N) is 1. The van der Waals surface area contributed by atoms with Crippen molar-refractivity contribution in [1.82, 2.24) is 4.90 Å². The van der Waals surface area contributed by atoms with Gasteiger partial charge in [0, 0.05) is 37.1 Å². The monoisotopic (exact) mass is 372 g/mol. The van der Waals surface area contributed by atoms with Crippen molar-refractivity contribution in [2.45, 2.75) is 33.1 Å². The van der Waals surface area contributed by atoms with E-state index in [1.54, 1.807) is 24.0 Å². The Bertz CT molecular complexity index is 747. The van der Waals surface area contributed by atoms with Gasteiger partial charge in [0.05, 0.1) is 0 Å². The lowest BCUT2D eigenvalue weighted by molar-refractivity contribution is -0.129.